The Hall–Kier alpha value is -0.230. The van der Waals surface area contributed by atoms with Gasteiger partial charge in [-0.05, 0) is 46.6 Å². The van der Waals surface area contributed by atoms with Gasteiger partial charge in [-0.2, -0.15) is 0 Å². The molecule has 0 saturated carbocycles. The van der Waals surface area contributed by atoms with Gasteiger partial charge >= 0.3 is 0 Å². The fourth-order valence-corrected chi connectivity index (χ4v) is 4.08. The summed E-state index contributed by atoms with van der Waals surface area (Å²) >= 11 is 8.37. The summed E-state index contributed by atoms with van der Waals surface area (Å²) in [5.41, 5.74) is 7.60. The summed E-state index contributed by atoms with van der Waals surface area (Å²) in [4.78, 5) is 1.10. The summed E-state index contributed by atoms with van der Waals surface area (Å²) in [6.45, 7) is 1.99. The number of benzene rings is 1. The predicted molar refractivity (Wildman–Crippen MR) is 76.9 cm³/mol. The largest absolute Gasteiger partial charge is 0.320 e. The van der Waals surface area contributed by atoms with Crippen LogP contribution in [0, 0.1) is 12.7 Å². The maximum absolute atomic E-state index is 13.8. The summed E-state index contributed by atoms with van der Waals surface area (Å²) in [5, 5.41) is 0. The van der Waals surface area contributed by atoms with E-state index in [4.69, 9.17) is 5.73 Å². The summed E-state index contributed by atoms with van der Waals surface area (Å²) < 4.78 is 15.5. The molecule has 0 bridgehead atoms. The van der Waals surface area contributed by atoms with E-state index in [-0.39, 0.29) is 5.82 Å². The van der Waals surface area contributed by atoms with Crippen molar-refractivity contribution in [1.82, 2.24) is 0 Å². The lowest BCUT2D eigenvalue weighted by Gasteiger charge is -2.14. The highest BCUT2D eigenvalue weighted by Gasteiger charge is 2.19. The Labute approximate surface area is 120 Å². The summed E-state index contributed by atoms with van der Waals surface area (Å²) in [5.74, 6) is -0.284. The van der Waals surface area contributed by atoms with Crippen molar-refractivity contribution in [3.05, 3.63) is 54.3 Å². The minimum Gasteiger partial charge on any atom is -0.320 e. The smallest absolute Gasteiger partial charge is 0.129 e. The molecule has 1 heterocycles. The average molecular weight is 379 g/mol. The molecule has 17 heavy (non-hydrogen) atoms. The van der Waals surface area contributed by atoms with E-state index in [0.717, 1.165) is 14.2 Å². The van der Waals surface area contributed by atoms with Gasteiger partial charge in [-0.15, -0.1) is 11.3 Å². The number of rotatable bonds is 2. The molecule has 2 N–H and O–H groups in total. The van der Waals surface area contributed by atoms with E-state index in [2.05, 4.69) is 31.9 Å². The third-order valence-electron chi connectivity index (χ3n) is 2.57. The van der Waals surface area contributed by atoms with Crippen molar-refractivity contribution < 1.29 is 4.39 Å². The van der Waals surface area contributed by atoms with Crippen LogP contribution < -0.4 is 5.73 Å². The second kappa shape index (κ2) is 5.18. The molecule has 5 heteroatoms. The van der Waals surface area contributed by atoms with Gasteiger partial charge in [-0.1, -0.05) is 22.0 Å². The van der Waals surface area contributed by atoms with Crippen molar-refractivity contribution in [3.8, 4) is 0 Å². The Morgan fingerprint density at radius 2 is 2.06 bits per heavy atom. The van der Waals surface area contributed by atoms with Gasteiger partial charge < -0.3 is 5.73 Å². The number of hydrogen-bond donors (Lipinski definition) is 1. The Kier molecular flexibility index (Phi) is 4.02. The molecular formula is C12H10Br2FNS. The van der Waals surface area contributed by atoms with Crippen LogP contribution in [-0.4, -0.2) is 0 Å². The van der Waals surface area contributed by atoms with Crippen LogP contribution in [0.1, 0.15) is 22.0 Å². The van der Waals surface area contributed by atoms with Crippen molar-refractivity contribution in [2.45, 2.75) is 13.0 Å². The third-order valence-corrected chi connectivity index (χ3v) is 4.83. The van der Waals surface area contributed by atoms with Gasteiger partial charge in [0.25, 0.3) is 0 Å². The minimum atomic E-state index is -0.451. The lowest BCUT2D eigenvalue weighted by Crippen LogP contribution is -2.14. The van der Waals surface area contributed by atoms with E-state index in [1.54, 1.807) is 23.5 Å². The third kappa shape index (κ3) is 2.62. The number of nitrogens with two attached hydrogens (primary N) is 1. The molecule has 1 unspecified atom stereocenters. The molecule has 0 aliphatic heterocycles. The SMILES string of the molecule is Cc1sc(Br)cc1C(N)c1c(F)cccc1Br. The van der Waals surface area contributed by atoms with Crippen LogP contribution in [0.2, 0.25) is 0 Å². The van der Waals surface area contributed by atoms with Crippen molar-refractivity contribution in [2.24, 2.45) is 5.73 Å². The van der Waals surface area contributed by atoms with E-state index >= 15 is 0 Å². The molecule has 2 rings (SSSR count). The first-order chi connectivity index (χ1) is 8.00. The van der Waals surface area contributed by atoms with Gasteiger partial charge in [-0.25, -0.2) is 4.39 Å². The quantitative estimate of drug-likeness (QED) is 0.800. The molecular weight excluding hydrogens is 369 g/mol. The molecule has 0 fully saturated rings. The lowest BCUT2D eigenvalue weighted by molar-refractivity contribution is 0.598. The van der Waals surface area contributed by atoms with E-state index < -0.39 is 6.04 Å². The monoisotopic (exact) mass is 377 g/mol. The van der Waals surface area contributed by atoms with Crippen LogP contribution in [0.5, 0.6) is 0 Å². The average Bonchev–Trinajstić information content (AvgIpc) is 2.57. The van der Waals surface area contributed by atoms with E-state index in [1.165, 1.54) is 6.07 Å². The Bertz CT molecular complexity index is 533. The first kappa shape index (κ1) is 13.2. The Morgan fingerprint density at radius 1 is 1.35 bits per heavy atom. The van der Waals surface area contributed by atoms with Crippen LogP contribution in [-0.2, 0) is 0 Å². The number of aryl methyl sites for hydroxylation is 1. The van der Waals surface area contributed by atoms with Gasteiger partial charge in [0.05, 0.1) is 9.83 Å². The highest BCUT2D eigenvalue weighted by atomic mass is 79.9. The number of hydrogen-bond acceptors (Lipinski definition) is 2. The molecule has 1 aromatic heterocycles. The van der Waals surface area contributed by atoms with Crippen molar-refractivity contribution in [1.29, 1.82) is 0 Å². The fourth-order valence-electron chi connectivity index (χ4n) is 1.73. The van der Waals surface area contributed by atoms with Crippen molar-refractivity contribution in [3.63, 3.8) is 0 Å². The standard InChI is InChI=1S/C12H10Br2FNS/c1-6-7(5-10(14)17-6)12(16)11-8(13)3-2-4-9(11)15/h2-5,12H,16H2,1H3. The Morgan fingerprint density at radius 3 is 2.59 bits per heavy atom. The van der Waals surface area contributed by atoms with Gasteiger partial charge in [0.1, 0.15) is 5.82 Å². The highest BCUT2D eigenvalue weighted by molar-refractivity contribution is 9.11. The van der Waals surface area contributed by atoms with E-state index in [0.29, 0.717) is 10.0 Å². The minimum absolute atomic E-state index is 0.284. The molecule has 0 amide bonds. The molecule has 1 aromatic carbocycles. The summed E-state index contributed by atoms with van der Waals surface area (Å²) in [7, 11) is 0. The first-order valence-electron chi connectivity index (χ1n) is 4.96. The van der Waals surface area contributed by atoms with Crippen molar-refractivity contribution >= 4 is 43.2 Å². The second-order valence-electron chi connectivity index (χ2n) is 3.68. The Balaban J connectivity index is 2.51. The summed E-state index contributed by atoms with van der Waals surface area (Å²) in [6.07, 6.45) is 0. The van der Waals surface area contributed by atoms with Crippen molar-refractivity contribution in [2.75, 3.05) is 0 Å². The van der Waals surface area contributed by atoms with Gasteiger partial charge in [-0.3, -0.25) is 0 Å². The maximum atomic E-state index is 13.8. The molecule has 90 valence electrons. The molecule has 0 aliphatic carbocycles. The molecule has 1 atom stereocenters. The number of halogens is 3. The zero-order valence-electron chi connectivity index (χ0n) is 9.01. The second-order valence-corrected chi connectivity index (χ2v) is 7.16. The molecule has 0 aliphatic rings. The van der Waals surface area contributed by atoms with E-state index in [1.807, 2.05) is 13.0 Å². The van der Waals surface area contributed by atoms with Crippen LogP contribution in [0.25, 0.3) is 0 Å². The topological polar surface area (TPSA) is 26.0 Å². The summed E-state index contributed by atoms with van der Waals surface area (Å²) in [6, 6.07) is 6.38. The molecule has 0 saturated heterocycles. The normalized spacial score (nSPS) is 12.8. The zero-order valence-corrected chi connectivity index (χ0v) is 13.0. The van der Waals surface area contributed by atoms with Gasteiger partial charge in [0, 0.05) is 14.9 Å². The fraction of sp³-hybridized carbons (Fsp3) is 0.167. The van der Waals surface area contributed by atoms with Gasteiger partial charge in [0.2, 0.25) is 0 Å². The van der Waals surface area contributed by atoms with Crippen LogP contribution in [0.3, 0.4) is 0 Å². The highest BCUT2D eigenvalue weighted by Crippen LogP contribution is 2.35. The van der Waals surface area contributed by atoms with Crippen LogP contribution in [0.15, 0.2) is 32.5 Å². The first-order valence-corrected chi connectivity index (χ1v) is 7.36. The van der Waals surface area contributed by atoms with E-state index in [9.17, 15) is 4.39 Å². The van der Waals surface area contributed by atoms with Gasteiger partial charge in [0.15, 0.2) is 0 Å². The lowest BCUT2D eigenvalue weighted by atomic mass is 10.00. The van der Waals surface area contributed by atoms with Crippen LogP contribution in [0.4, 0.5) is 4.39 Å². The zero-order chi connectivity index (χ0) is 12.6. The molecule has 0 radical (unpaired) electrons. The maximum Gasteiger partial charge on any atom is 0.129 e. The number of thiophene rings is 1. The molecule has 0 spiro atoms. The molecule has 2 aromatic rings. The molecule has 1 nitrogen and oxygen atoms in total. The van der Waals surface area contributed by atoms with Crippen LogP contribution >= 0.6 is 43.2 Å². The predicted octanol–water partition coefficient (Wildman–Crippen LogP) is 4.77.